The maximum atomic E-state index is 12.1. The molecule has 0 aromatic heterocycles. The normalized spacial score (nSPS) is 18.6. The molecule has 1 saturated heterocycles. The fraction of sp³-hybridized carbons (Fsp3) is 0.429. The largest absolute Gasteiger partial charge is 0.492 e. The van der Waals surface area contributed by atoms with Gasteiger partial charge >= 0.3 is 0 Å². The smallest absolute Gasteiger partial charge is 0.228 e. The lowest BCUT2D eigenvalue weighted by Crippen LogP contribution is -2.38. The fourth-order valence-electron chi connectivity index (χ4n) is 2.09. The highest BCUT2D eigenvalue weighted by molar-refractivity contribution is 5.96. The van der Waals surface area contributed by atoms with Gasteiger partial charge in [0.25, 0.3) is 0 Å². The van der Waals surface area contributed by atoms with E-state index in [-0.39, 0.29) is 24.2 Å². The number of nitrogens with one attached hydrogen (secondary N) is 2. The van der Waals surface area contributed by atoms with Crippen LogP contribution in [-0.4, -0.2) is 25.0 Å². The molecule has 1 aromatic carbocycles. The fourth-order valence-corrected chi connectivity index (χ4v) is 2.09. The highest BCUT2D eigenvalue weighted by Gasteiger charge is 2.25. The summed E-state index contributed by atoms with van der Waals surface area (Å²) in [7, 11) is 0. The Morgan fingerprint density at radius 1 is 1.47 bits per heavy atom. The number of amides is 2. The third-order valence-corrected chi connectivity index (χ3v) is 3.06. The Hall–Kier alpha value is -2.04. The third-order valence-electron chi connectivity index (χ3n) is 3.06. The molecule has 0 radical (unpaired) electrons. The van der Waals surface area contributed by atoms with E-state index < -0.39 is 0 Å². The molecule has 1 heterocycles. The number of carbonyl (C=O) groups is 2. The first-order chi connectivity index (χ1) is 9.20. The Balaban J connectivity index is 2.04. The Morgan fingerprint density at radius 2 is 2.26 bits per heavy atom. The van der Waals surface area contributed by atoms with Crippen molar-refractivity contribution in [3.8, 4) is 5.75 Å². The van der Waals surface area contributed by atoms with Crippen molar-refractivity contribution in [1.29, 1.82) is 0 Å². The van der Waals surface area contributed by atoms with E-state index in [1.54, 1.807) is 6.07 Å². The molecule has 1 aliphatic heterocycles. The Kier molecular flexibility index (Phi) is 4.39. The van der Waals surface area contributed by atoms with Crippen LogP contribution in [0.15, 0.2) is 24.3 Å². The number of hydrogen-bond acceptors (Lipinski definition) is 3. The number of piperidine rings is 1. The number of anilines is 1. The summed E-state index contributed by atoms with van der Waals surface area (Å²) >= 11 is 0. The second kappa shape index (κ2) is 6.22. The maximum Gasteiger partial charge on any atom is 0.228 e. The lowest BCUT2D eigenvalue weighted by molar-refractivity contribution is -0.129. The second-order valence-electron chi connectivity index (χ2n) is 4.46. The lowest BCUT2D eigenvalue weighted by Gasteiger charge is -2.21. The summed E-state index contributed by atoms with van der Waals surface area (Å²) in [5.41, 5.74) is 0.653. The van der Waals surface area contributed by atoms with E-state index in [0.717, 1.165) is 0 Å². The van der Waals surface area contributed by atoms with E-state index in [2.05, 4.69) is 10.6 Å². The zero-order valence-corrected chi connectivity index (χ0v) is 10.9. The number of rotatable bonds is 4. The number of carbonyl (C=O) groups excluding carboxylic acids is 2. The van der Waals surface area contributed by atoms with Gasteiger partial charge in [0.2, 0.25) is 11.8 Å². The van der Waals surface area contributed by atoms with Gasteiger partial charge in [-0.2, -0.15) is 0 Å². The van der Waals surface area contributed by atoms with Gasteiger partial charge in [0.1, 0.15) is 5.75 Å². The molecular formula is C14H18N2O3. The molecule has 2 N–H and O–H groups in total. The average molecular weight is 262 g/mol. The highest BCUT2D eigenvalue weighted by atomic mass is 16.5. The van der Waals surface area contributed by atoms with E-state index in [0.29, 0.717) is 31.0 Å². The van der Waals surface area contributed by atoms with E-state index in [4.69, 9.17) is 4.74 Å². The van der Waals surface area contributed by atoms with Crippen molar-refractivity contribution in [2.45, 2.75) is 19.8 Å². The van der Waals surface area contributed by atoms with Gasteiger partial charge in [-0.05, 0) is 25.5 Å². The van der Waals surface area contributed by atoms with E-state index in [9.17, 15) is 9.59 Å². The van der Waals surface area contributed by atoms with Gasteiger partial charge in [-0.3, -0.25) is 9.59 Å². The van der Waals surface area contributed by atoms with Crippen LogP contribution in [0, 0.1) is 5.92 Å². The minimum Gasteiger partial charge on any atom is -0.492 e. The van der Waals surface area contributed by atoms with Crippen molar-refractivity contribution in [3.05, 3.63) is 24.3 Å². The van der Waals surface area contributed by atoms with Crippen molar-refractivity contribution in [2.24, 2.45) is 5.92 Å². The van der Waals surface area contributed by atoms with Gasteiger partial charge in [-0.1, -0.05) is 12.1 Å². The van der Waals surface area contributed by atoms with Gasteiger partial charge in [0.15, 0.2) is 0 Å². The first kappa shape index (κ1) is 13.4. The van der Waals surface area contributed by atoms with Crippen LogP contribution in [0.3, 0.4) is 0 Å². The van der Waals surface area contributed by atoms with Crippen molar-refractivity contribution in [2.75, 3.05) is 18.5 Å². The molecule has 19 heavy (non-hydrogen) atoms. The summed E-state index contributed by atoms with van der Waals surface area (Å²) in [5.74, 6) is 0.202. The van der Waals surface area contributed by atoms with Crippen molar-refractivity contribution in [3.63, 3.8) is 0 Å². The molecular weight excluding hydrogens is 244 g/mol. The van der Waals surface area contributed by atoms with Crippen LogP contribution >= 0.6 is 0 Å². The van der Waals surface area contributed by atoms with Crippen LogP contribution in [-0.2, 0) is 9.59 Å². The molecule has 5 heteroatoms. The number of ether oxygens (including phenoxy) is 1. The Bertz CT molecular complexity index is 474. The quantitative estimate of drug-likeness (QED) is 0.865. The average Bonchev–Trinajstić information content (AvgIpc) is 2.41. The Labute approximate surface area is 112 Å². The van der Waals surface area contributed by atoms with Crippen LogP contribution < -0.4 is 15.4 Å². The molecule has 1 aromatic rings. The van der Waals surface area contributed by atoms with Crippen molar-refractivity contribution in [1.82, 2.24) is 5.32 Å². The minimum atomic E-state index is -0.261. The summed E-state index contributed by atoms with van der Waals surface area (Å²) in [5, 5.41) is 5.56. The zero-order chi connectivity index (χ0) is 13.7. The van der Waals surface area contributed by atoms with Gasteiger partial charge in [-0.25, -0.2) is 0 Å². The number of benzene rings is 1. The summed E-state index contributed by atoms with van der Waals surface area (Å²) in [6.07, 6.45) is 0.928. The van der Waals surface area contributed by atoms with Gasteiger partial charge in [-0.15, -0.1) is 0 Å². The van der Waals surface area contributed by atoms with Crippen molar-refractivity contribution >= 4 is 17.5 Å². The molecule has 2 rings (SSSR count). The predicted octanol–water partition coefficient (Wildman–Crippen LogP) is 1.55. The molecule has 1 aliphatic rings. The van der Waals surface area contributed by atoms with E-state index in [1.165, 1.54) is 0 Å². The molecule has 0 saturated carbocycles. The lowest BCUT2D eigenvalue weighted by atomic mass is 9.96. The summed E-state index contributed by atoms with van der Waals surface area (Å²) in [4.78, 5) is 23.4. The monoisotopic (exact) mass is 262 g/mol. The standard InChI is InChI=1S/C14H18N2O3/c1-2-19-12-6-4-3-5-11(12)16-14(18)10-7-8-15-13(17)9-10/h3-6,10H,2,7-9H2,1H3,(H,15,17)(H,16,18). The van der Waals surface area contributed by atoms with Crippen LogP contribution in [0.1, 0.15) is 19.8 Å². The molecule has 2 amide bonds. The number of para-hydroxylation sites is 2. The van der Waals surface area contributed by atoms with Crippen LogP contribution in [0.25, 0.3) is 0 Å². The Morgan fingerprint density at radius 3 is 3.00 bits per heavy atom. The number of hydrogen-bond donors (Lipinski definition) is 2. The maximum absolute atomic E-state index is 12.1. The summed E-state index contributed by atoms with van der Waals surface area (Å²) in [6, 6.07) is 7.30. The van der Waals surface area contributed by atoms with Crippen molar-refractivity contribution < 1.29 is 14.3 Å². The second-order valence-corrected chi connectivity index (χ2v) is 4.46. The van der Waals surface area contributed by atoms with Gasteiger partial charge in [0, 0.05) is 18.9 Å². The summed E-state index contributed by atoms with van der Waals surface area (Å²) < 4.78 is 5.45. The molecule has 0 aliphatic carbocycles. The van der Waals surface area contributed by atoms with Gasteiger partial charge < -0.3 is 15.4 Å². The molecule has 5 nitrogen and oxygen atoms in total. The van der Waals surface area contributed by atoms with E-state index >= 15 is 0 Å². The van der Waals surface area contributed by atoms with Crippen LogP contribution in [0.2, 0.25) is 0 Å². The SMILES string of the molecule is CCOc1ccccc1NC(=O)C1CCNC(=O)C1. The van der Waals surface area contributed by atoms with Gasteiger partial charge in [0.05, 0.1) is 12.3 Å². The highest BCUT2D eigenvalue weighted by Crippen LogP contribution is 2.25. The van der Waals surface area contributed by atoms with E-state index in [1.807, 2.05) is 25.1 Å². The molecule has 0 spiro atoms. The predicted molar refractivity (Wildman–Crippen MR) is 72.0 cm³/mol. The summed E-state index contributed by atoms with van der Waals surface area (Å²) in [6.45, 7) is 2.99. The molecule has 1 unspecified atom stereocenters. The van der Waals surface area contributed by atoms with Crippen LogP contribution in [0.5, 0.6) is 5.75 Å². The topological polar surface area (TPSA) is 67.4 Å². The first-order valence-electron chi connectivity index (χ1n) is 6.50. The third kappa shape index (κ3) is 3.47. The van der Waals surface area contributed by atoms with Crippen LogP contribution in [0.4, 0.5) is 5.69 Å². The molecule has 0 bridgehead atoms. The molecule has 1 fully saturated rings. The zero-order valence-electron chi connectivity index (χ0n) is 10.9. The first-order valence-corrected chi connectivity index (χ1v) is 6.50. The molecule has 1 atom stereocenters. The molecule has 102 valence electrons. The minimum absolute atomic E-state index is 0.0653.